The standard InChI is InChI=1S/C24H24F2N2O/c1-15(28-24(29)18-3-2-4-19(25)13-18)16-5-7-17(8-6-16)21-11-12-27-23-10-9-20(26)14-22(21)23/h2-4,9-17H,5-8H2,1H3,(H,28,29)/t15-,16?,17?/m1/s1. The maximum Gasteiger partial charge on any atom is 0.251 e. The van der Waals surface area contributed by atoms with Gasteiger partial charge in [-0.05, 0) is 92.5 Å². The van der Waals surface area contributed by atoms with Gasteiger partial charge in [-0.15, -0.1) is 0 Å². The fraction of sp³-hybridized carbons (Fsp3) is 0.333. The molecular formula is C24H24F2N2O. The third-order valence-corrected chi connectivity index (χ3v) is 6.10. The van der Waals surface area contributed by atoms with Crippen molar-refractivity contribution in [2.45, 2.75) is 44.6 Å². The molecule has 1 amide bonds. The fourth-order valence-corrected chi connectivity index (χ4v) is 4.46. The first-order chi connectivity index (χ1) is 14.0. The second kappa shape index (κ2) is 8.27. The van der Waals surface area contributed by atoms with Crippen molar-refractivity contribution in [1.29, 1.82) is 0 Å². The molecule has 5 heteroatoms. The van der Waals surface area contributed by atoms with Crippen molar-refractivity contribution >= 4 is 16.8 Å². The van der Waals surface area contributed by atoms with E-state index >= 15 is 0 Å². The molecule has 1 fully saturated rings. The quantitative estimate of drug-likeness (QED) is 0.625. The number of carbonyl (C=O) groups excluding carboxylic acids is 1. The molecule has 1 aromatic heterocycles. The zero-order valence-corrected chi connectivity index (χ0v) is 16.4. The number of carbonyl (C=O) groups is 1. The predicted octanol–water partition coefficient (Wildman–Crippen LogP) is 5.61. The molecule has 2 aromatic carbocycles. The number of amides is 1. The van der Waals surface area contributed by atoms with E-state index in [4.69, 9.17) is 0 Å². The lowest BCUT2D eigenvalue weighted by atomic mass is 9.75. The molecule has 0 unspecified atom stereocenters. The summed E-state index contributed by atoms with van der Waals surface area (Å²) >= 11 is 0. The molecule has 1 atom stereocenters. The lowest BCUT2D eigenvalue weighted by Crippen LogP contribution is -2.39. The first-order valence-electron chi connectivity index (χ1n) is 10.1. The zero-order valence-electron chi connectivity index (χ0n) is 16.4. The topological polar surface area (TPSA) is 42.0 Å². The molecule has 4 rings (SSSR count). The van der Waals surface area contributed by atoms with Gasteiger partial charge in [0.2, 0.25) is 0 Å². The molecule has 1 N–H and O–H groups in total. The Bertz CT molecular complexity index is 1030. The van der Waals surface area contributed by atoms with Gasteiger partial charge in [0.15, 0.2) is 0 Å². The Hall–Kier alpha value is -2.82. The third kappa shape index (κ3) is 4.29. The Kier molecular flexibility index (Phi) is 5.56. The third-order valence-electron chi connectivity index (χ3n) is 6.10. The number of fused-ring (bicyclic) bond motifs is 1. The van der Waals surface area contributed by atoms with Crippen LogP contribution in [-0.4, -0.2) is 16.9 Å². The maximum absolute atomic E-state index is 13.7. The van der Waals surface area contributed by atoms with E-state index in [-0.39, 0.29) is 17.8 Å². The van der Waals surface area contributed by atoms with Gasteiger partial charge in [0.05, 0.1) is 5.52 Å². The van der Waals surface area contributed by atoms with Crippen LogP contribution in [-0.2, 0) is 0 Å². The van der Waals surface area contributed by atoms with Gasteiger partial charge in [-0.25, -0.2) is 8.78 Å². The summed E-state index contributed by atoms with van der Waals surface area (Å²) in [6.45, 7) is 2.01. The van der Waals surface area contributed by atoms with Gasteiger partial charge in [0, 0.05) is 23.2 Å². The Morgan fingerprint density at radius 3 is 2.55 bits per heavy atom. The second-order valence-electron chi connectivity index (χ2n) is 7.95. The van der Waals surface area contributed by atoms with E-state index in [2.05, 4.69) is 10.3 Å². The summed E-state index contributed by atoms with van der Waals surface area (Å²) in [6.07, 6.45) is 5.73. The Labute approximate surface area is 169 Å². The van der Waals surface area contributed by atoms with Crippen molar-refractivity contribution in [2.75, 3.05) is 0 Å². The van der Waals surface area contributed by atoms with Crippen LogP contribution in [0.1, 0.15) is 54.4 Å². The van der Waals surface area contributed by atoms with Gasteiger partial charge < -0.3 is 5.32 Å². The van der Waals surface area contributed by atoms with E-state index < -0.39 is 5.82 Å². The molecule has 0 radical (unpaired) electrons. The van der Waals surface area contributed by atoms with Crippen LogP contribution in [0.4, 0.5) is 8.78 Å². The molecule has 1 heterocycles. The summed E-state index contributed by atoms with van der Waals surface area (Å²) < 4.78 is 27.1. The number of halogens is 2. The molecule has 1 aliphatic rings. The van der Waals surface area contributed by atoms with Crippen LogP contribution in [0.25, 0.3) is 10.9 Å². The largest absolute Gasteiger partial charge is 0.349 e. The number of nitrogens with one attached hydrogen (secondary N) is 1. The van der Waals surface area contributed by atoms with Crippen LogP contribution in [0.3, 0.4) is 0 Å². The summed E-state index contributed by atoms with van der Waals surface area (Å²) in [5.74, 6) is -0.158. The van der Waals surface area contributed by atoms with E-state index in [1.807, 2.05) is 13.0 Å². The number of pyridine rings is 1. The normalized spacial score (nSPS) is 20.4. The van der Waals surface area contributed by atoms with Crippen LogP contribution in [0.5, 0.6) is 0 Å². The van der Waals surface area contributed by atoms with Crippen molar-refractivity contribution in [3.05, 3.63) is 77.5 Å². The molecule has 1 saturated carbocycles. The molecule has 3 nitrogen and oxygen atoms in total. The molecule has 0 bridgehead atoms. The monoisotopic (exact) mass is 394 g/mol. The minimum absolute atomic E-state index is 0.0124. The van der Waals surface area contributed by atoms with Gasteiger partial charge in [0.1, 0.15) is 11.6 Å². The molecule has 29 heavy (non-hydrogen) atoms. The minimum atomic E-state index is -0.410. The lowest BCUT2D eigenvalue weighted by molar-refractivity contribution is 0.0917. The minimum Gasteiger partial charge on any atom is -0.349 e. The van der Waals surface area contributed by atoms with Crippen molar-refractivity contribution in [3.63, 3.8) is 0 Å². The smallest absolute Gasteiger partial charge is 0.251 e. The number of benzene rings is 2. The fourth-order valence-electron chi connectivity index (χ4n) is 4.46. The maximum atomic E-state index is 13.7. The van der Waals surface area contributed by atoms with Gasteiger partial charge in [-0.3, -0.25) is 9.78 Å². The molecular weight excluding hydrogens is 370 g/mol. The summed E-state index contributed by atoms with van der Waals surface area (Å²) in [6, 6.07) is 12.5. The lowest BCUT2D eigenvalue weighted by Gasteiger charge is -2.33. The predicted molar refractivity (Wildman–Crippen MR) is 110 cm³/mol. The summed E-state index contributed by atoms with van der Waals surface area (Å²) in [7, 11) is 0. The van der Waals surface area contributed by atoms with Gasteiger partial charge in [-0.2, -0.15) is 0 Å². The summed E-state index contributed by atoms with van der Waals surface area (Å²) in [5, 5.41) is 3.91. The van der Waals surface area contributed by atoms with Crippen LogP contribution < -0.4 is 5.32 Å². The highest BCUT2D eigenvalue weighted by Gasteiger charge is 2.28. The van der Waals surface area contributed by atoms with Crippen molar-refractivity contribution in [3.8, 4) is 0 Å². The highest BCUT2D eigenvalue weighted by Crippen LogP contribution is 2.39. The van der Waals surface area contributed by atoms with Crippen LogP contribution in [0.15, 0.2) is 54.7 Å². The van der Waals surface area contributed by atoms with Crippen molar-refractivity contribution in [1.82, 2.24) is 10.3 Å². The van der Waals surface area contributed by atoms with E-state index in [9.17, 15) is 13.6 Å². The molecule has 0 spiro atoms. The van der Waals surface area contributed by atoms with Gasteiger partial charge in [0.25, 0.3) is 5.91 Å². The number of aromatic nitrogens is 1. The highest BCUT2D eigenvalue weighted by atomic mass is 19.1. The van der Waals surface area contributed by atoms with Crippen LogP contribution in [0.2, 0.25) is 0 Å². The molecule has 0 saturated heterocycles. The highest BCUT2D eigenvalue weighted by molar-refractivity contribution is 5.94. The molecule has 0 aliphatic heterocycles. The van der Waals surface area contributed by atoms with Gasteiger partial charge >= 0.3 is 0 Å². The first-order valence-corrected chi connectivity index (χ1v) is 10.1. The SMILES string of the molecule is C[C@@H](NC(=O)c1cccc(F)c1)C1CCC(c2ccnc3ccc(F)cc23)CC1. The Morgan fingerprint density at radius 1 is 1.03 bits per heavy atom. The van der Waals surface area contributed by atoms with E-state index in [1.165, 1.54) is 18.2 Å². The molecule has 1 aliphatic carbocycles. The van der Waals surface area contributed by atoms with E-state index in [1.54, 1.807) is 30.5 Å². The summed E-state index contributed by atoms with van der Waals surface area (Å²) in [4.78, 5) is 16.7. The van der Waals surface area contributed by atoms with Crippen LogP contribution >= 0.6 is 0 Å². The van der Waals surface area contributed by atoms with Crippen molar-refractivity contribution < 1.29 is 13.6 Å². The number of hydrogen-bond acceptors (Lipinski definition) is 2. The first kappa shape index (κ1) is 19.5. The number of rotatable bonds is 4. The van der Waals surface area contributed by atoms with E-state index in [0.717, 1.165) is 42.1 Å². The summed E-state index contributed by atoms with van der Waals surface area (Å²) in [5.41, 5.74) is 2.32. The van der Waals surface area contributed by atoms with Crippen molar-refractivity contribution in [2.24, 2.45) is 5.92 Å². The molecule has 3 aromatic rings. The van der Waals surface area contributed by atoms with Crippen LogP contribution in [0, 0.1) is 17.6 Å². The zero-order chi connectivity index (χ0) is 20.4. The van der Waals surface area contributed by atoms with Gasteiger partial charge in [-0.1, -0.05) is 6.07 Å². The number of nitrogens with zero attached hydrogens (tertiary/aromatic N) is 1. The Balaban J connectivity index is 1.41. The average molecular weight is 394 g/mol. The number of hydrogen-bond donors (Lipinski definition) is 1. The molecule has 150 valence electrons. The second-order valence-corrected chi connectivity index (χ2v) is 7.95. The van der Waals surface area contributed by atoms with E-state index in [0.29, 0.717) is 17.4 Å². The Morgan fingerprint density at radius 2 is 1.79 bits per heavy atom. The average Bonchev–Trinajstić information content (AvgIpc) is 2.73.